The van der Waals surface area contributed by atoms with Crippen LogP contribution in [0.15, 0.2) is 18.5 Å². The van der Waals surface area contributed by atoms with Gasteiger partial charge in [0.25, 0.3) is 0 Å². The van der Waals surface area contributed by atoms with Crippen LogP contribution in [-0.2, 0) is 0 Å². The zero-order chi connectivity index (χ0) is 13.1. The lowest BCUT2D eigenvalue weighted by molar-refractivity contribution is 0.393. The Morgan fingerprint density at radius 1 is 0.944 bits per heavy atom. The first-order valence-corrected chi connectivity index (χ1v) is 7.87. The predicted molar refractivity (Wildman–Crippen MR) is 78.8 cm³/mol. The van der Waals surface area contributed by atoms with Crippen molar-refractivity contribution in [2.24, 2.45) is 0 Å². The van der Waals surface area contributed by atoms with Gasteiger partial charge in [0.15, 0.2) is 0 Å². The molecular formula is C16H30N2. The Balaban J connectivity index is 1.99. The third-order valence-electron chi connectivity index (χ3n) is 3.76. The minimum Gasteiger partial charge on any atom is -0.270 e. The summed E-state index contributed by atoms with van der Waals surface area (Å²) in [5.41, 5.74) is 0. The van der Waals surface area contributed by atoms with Crippen LogP contribution < -0.4 is 0 Å². The zero-order valence-corrected chi connectivity index (χ0v) is 12.3. The maximum absolute atomic E-state index is 4.35. The Kier molecular flexibility index (Phi) is 8.62. The van der Waals surface area contributed by atoms with Crippen molar-refractivity contribution in [3.8, 4) is 0 Å². The van der Waals surface area contributed by atoms with Gasteiger partial charge in [0.2, 0.25) is 0 Å². The van der Waals surface area contributed by atoms with Gasteiger partial charge in [0.1, 0.15) is 0 Å². The highest BCUT2D eigenvalue weighted by molar-refractivity contribution is 4.81. The van der Waals surface area contributed by atoms with Crippen LogP contribution in [0.1, 0.15) is 84.1 Å². The van der Waals surface area contributed by atoms with Crippen molar-refractivity contribution in [2.75, 3.05) is 0 Å². The van der Waals surface area contributed by atoms with Gasteiger partial charge in [-0.15, -0.1) is 0 Å². The summed E-state index contributed by atoms with van der Waals surface area (Å²) in [5.74, 6) is 0. The number of hydrogen-bond acceptors (Lipinski definition) is 1. The van der Waals surface area contributed by atoms with E-state index >= 15 is 0 Å². The summed E-state index contributed by atoms with van der Waals surface area (Å²) in [7, 11) is 0. The Morgan fingerprint density at radius 3 is 2.17 bits per heavy atom. The fourth-order valence-electron chi connectivity index (χ4n) is 2.53. The summed E-state index contributed by atoms with van der Waals surface area (Å²) in [6, 6.07) is 2.64. The van der Waals surface area contributed by atoms with Crippen molar-refractivity contribution >= 4 is 0 Å². The molecule has 0 saturated carbocycles. The molecule has 2 heteroatoms. The Morgan fingerprint density at radius 2 is 1.61 bits per heavy atom. The standard InChI is InChI=1S/C16H30N2/c1-3-5-6-7-8-9-10-11-13-16(4-2)18-15-12-14-17-18/h12,14-16H,3-11,13H2,1-2H3. The van der Waals surface area contributed by atoms with E-state index in [0.29, 0.717) is 6.04 Å². The maximum atomic E-state index is 4.35. The highest BCUT2D eigenvalue weighted by Crippen LogP contribution is 2.19. The molecule has 1 atom stereocenters. The van der Waals surface area contributed by atoms with Crippen LogP contribution in [0, 0.1) is 0 Å². The maximum Gasteiger partial charge on any atom is 0.0516 e. The molecule has 1 rings (SSSR count). The highest BCUT2D eigenvalue weighted by atomic mass is 15.3. The molecule has 0 spiro atoms. The van der Waals surface area contributed by atoms with Gasteiger partial charge in [-0.1, -0.05) is 65.2 Å². The summed E-state index contributed by atoms with van der Waals surface area (Å²) in [4.78, 5) is 0. The minimum absolute atomic E-state index is 0.611. The fourth-order valence-corrected chi connectivity index (χ4v) is 2.53. The number of unbranched alkanes of at least 4 members (excludes halogenated alkanes) is 7. The molecule has 0 N–H and O–H groups in total. The van der Waals surface area contributed by atoms with Crippen LogP contribution in [0.25, 0.3) is 0 Å². The van der Waals surface area contributed by atoms with Gasteiger partial charge >= 0.3 is 0 Å². The van der Waals surface area contributed by atoms with Crippen molar-refractivity contribution in [2.45, 2.75) is 84.1 Å². The molecule has 1 heterocycles. The second-order valence-electron chi connectivity index (χ2n) is 5.31. The number of nitrogens with zero attached hydrogens (tertiary/aromatic N) is 2. The normalized spacial score (nSPS) is 12.8. The van der Waals surface area contributed by atoms with Crippen molar-refractivity contribution < 1.29 is 0 Å². The first kappa shape index (κ1) is 15.3. The average molecular weight is 250 g/mol. The van der Waals surface area contributed by atoms with Crippen LogP contribution >= 0.6 is 0 Å². The van der Waals surface area contributed by atoms with Gasteiger partial charge in [0.05, 0.1) is 6.04 Å². The van der Waals surface area contributed by atoms with Crippen molar-refractivity contribution in [1.29, 1.82) is 0 Å². The highest BCUT2D eigenvalue weighted by Gasteiger charge is 2.07. The van der Waals surface area contributed by atoms with Gasteiger partial charge in [-0.2, -0.15) is 5.10 Å². The lowest BCUT2D eigenvalue weighted by atomic mass is 10.0. The Labute approximate surface area is 113 Å². The molecule has 1 unspecified atom stereocenters. The smallest absolute Gasteiger partial charge is 0.0516 e. The van der Waals surface area contributed by atoms with Crippen molar-refractivity contribution in [1.82, 2.24) is 9.78 Å². The van der Waals surface area contributed by atoms with Crippen LogP contribution in [-0.4, -0.2) is 9.78 Å². The molecule has 0 aliphatic heterocycles. The minimum atomic E-state index is 0.611. The molecule has 0 amide bonds. The largest absolute Gasteiger partial charge is 0.270 e. The third-order valence-corrected chi connectivity index (χ3v) is 3.76. The van der Waals surface area contributed by atoms with E-state index in [2.05, 4.69) is 29.8 Å². The monoisotopic (exact) mass is 250 g/mol. The molecule has 0 aromatic carbocycles. The average Bonchev–Trinajstić information content (AvgIpc) is 2.91. The molecule has 1 aromatic rings. The van der Waals surface area contributed by atoms with E-state index in [9.17, 15) is 0 Å². The fraction of sp³-hybridized carbons (Fsp3) is 0.812. The van der Waals surface area contributed by atoms with Gasteiger partial charge < -0.3 is 0 Å². The quantitative estimate of drug-likeness (QED) is 0.483. The molecule has 104 valence electrons. The Hall–Kier alpha value is -0.790. The molecule has 0 aliphatic rings. The summed E-state index contributed by atoms with van der Waals surface area (Å²) >= 11 is 0. The summed E-state index contributed by atoms with van der Waals surface area (Å²) in [6.45, 7) is 4.54. The van der Waals surface area contributed by atoms with Crippen LogP contribution in [0.4, 0.5) is 0 Å². The van der Waals surface area contributed by atoms with E-state index in [1.807, 2.05) is 12.3 Å². The van der Waals surface area contributed by atoms with E-state index < -0.39 is 0 Å². The van der Waals surface area contributed by atoms with E-state index in [4.69, 9.17) is 0 Å². The zero-order valence-electron chi connectivity index (χ0n) is 12.3. The molecule has 0 bridgehead atoms. The number of rotatable bonds is 11. The third kappa shape index (κ3) is 6.23. The summed E-state index contributed by atoms with van der Waals surface area (Å²) in [5, 5.41) is 4.35. The molecule has 2 nitrogen and oxygen atoms in total. The second-order valence-corrected chi connectivity index (χ2v) is 5.31. The van der Waals surface area contributed by atoms with Crippen molar-refractivity contribution in [3.05, 3.63) is 18.5 Å². The molecule has 0 fully saturated rings. The van der Waals surface area contributed by atoms with E-state index in [0.717, 1.165) is 0 Å². The molecular weight excluding hydrogens is 220 g/mol. The first-order chi connectivity index (χ1) is 8.88. The van der Waals surface area contributed by atoms with Gasteiger partial charge in [-0.05, 0) is 18.9 Å². The van der Waals surface area contributed by atoms with E-state index in [-0.39, 0.29) is 0 Å². The first-order valence-electron chi connectivity index (χ1n) is 7.87. The van der Waals surface area contributed by atoms with Crippen LogP contribution in [0.2, 0.25) is 0 Å². The molecule has 0 radical (unpaired) electrons. The van der Waals surface area contributed by atoms with E-state index in [1.165, 1.54) is 64.2 Å². The lowest BCUT2D eigenvalue weighted by Gasteiger charge is -2.15. The topological polar surface area (TPSA) is 17.8 Å². The van der Waals surface area contributed by atoms with Gasteiger partial charge in [-0.25, -0.2) is 0 Å². The summed E-state index contributed by atoms with van der Waals surface area (Å²) < 4.78 is 2.13. The van der Waals surface area contributed by atoms with E-state index in [1.54, 1.807) is 0 Å². The van der Waals surface area contributed by atoms with Crippen LogP contribution in [0.5, 0.6) is 0 Å². The number of hydrogen-bond donors (Lipinski definition) is 0. The lowest BCUT2D eigenvalue weighted by Crippen LogP contribution is -2.08. The van der Waals surface area contributed by atoms with Gasteiger partial charge in [-0.3, -0.25) is 4.68 Å². The molecule has 1 aromatic heterocycles. The van der Waals surface area contributed by atoms with Crippen molar-refractivity contribution in [3.63, 3.8) is 0 Å². The molecule has 18 heavy (non-hydrogen) atoms. The SMILES string of the molecule is CCCCCCCCCCC(CC)n1cccn1. The molecule has 0 saturated heterocycles. The predicted octanol–water partition coefficient (Wildman–Crippen LogP) is 5.37. The molecule has 0 aliphatic carbocycles. The van der Waals surface area contributed by atoms with Crippen LogP contribution in [0.3, 0.4) is 0 Å². The summed E-state index contributed by atoms with van der Waals surface area (Å²) in [6.07, 6.45) is 17.7. The Bertz CT molecular complexity index is 267. The second kappa shape index (κ2) is 10.2. The number of aromatic nitrogens is 2. The van der Waals surface area contributed by atoms with Gasteiger partial charge in [0, 0.05) is 12.4 Å².